The van der Waals surface area contributed by atoms with E-state index in [2.05, 4.69) is 32.8 Å². The summed E-state index contributed by atoms with van der Waals surface area (Å²) in [5.74, 6) is -1.17. The van der Waals surface area contributed by atoms with Crippen molar-refractivity contribution in [2.24, 2.45) is 11.5 Å². The largest absolute Gasteiger partial charge is 0.365 e. The van der Waals surface area contributed by atoms with Gasteiger partial charge in [-0.15, -0.1) is 0 Å². The first-order chi connectivity index (χ1) is 17.0. The van der Waals surface area contributed by atoms with E-state index in [1.807, 2.05) is 47.3 Å². The molecule has 9 heteroatoms. The highest BCUT2D eigenvalue weighted by Gasteiger charge is 2.24. The van der Waals surface area contributed by atoms with Crippen molar-refractivity contribution in [2.75, 3.05) is 10.6 Å². The molecule has 1 amide bonds. The Balaban J connectivity index is 1.41. The van der Waals surface area contributed by atoms with Crippen molar-refractivity contribution in [3.8, 4) is 0 Å². The predicted octanol–water partition coefficient (Wildman–Crippen LogP) is 4.14. The number of rotatable bonds is 7. The lowest BCUT2D eigenvalue weighted by atomic mass is 9.91. The lowest BCUT2D eigenvalue weighted by molar-refractivity contribution is 0.100. The van der Waals surface area contributed by atoms with Crippen molar-refractivity contribution >= 4 is 34.1 Å². The number of carbonyl (C=O) groups excluding carboxylic acids is 1. The highest BCUT2D eigenvalue weighted by Crippen LogP contribution is 2.28. The average Bonchev–Trinajstić information content (AvgIpc) is 3.24. The van der Waals surface area contributed by atoms with E-state index in [4.69, 9.17) is 11.5 Å². The first-order valence-electron chi connectivity index (χ1n) is 11.8. The Hall–Kier alpha value is -3.98. The van der Waals surface area contributed by atoms with E-state index in [0.29, 0.717) is 12.2 Å². The van der Waals surface area contributed by atoms with Crippen molar-refractivity contribution in [2.45, 2.75) is 44.3 Å². The molecule has 1 aliphatic carbocycles. The van der Waals surface area contributed by atoms with Gasteiger partial charge in [-0.1, -0.05) is 43.2 Å². The lowest BCUT2D eigenvalue weighted by Gasteiger charge is -2.30. The zero-order valence-corrected chi connectivity index (χ0v) is 19.2. The van der Waals surface area contributed by atoms with E-state index in [1.165, 1.54) is 0 Å². The van der Waals surface area contributed by atoms with Crippen LogP contribution in [-0.4, -0.2) is 32.8 Å². The molecule has 1 saturated carbocycles. The fraction of sp³-hybridized carbons (Fsp3) is 0.269. The van der Waals surface area contributed by atoms with E-state index in [0.717, 1.165) is 48.2 Å². The standard InChI is InChI=1S/C26H28FN7O/c27-20-13-19(24(29)35)25(32-26(20)31-23-9-5-4-8-21(23)28)30-18-10-11-22-17(12-18)15-34(33-22)14-16-6-2-1-3-7-16/h1-3,6-7,10-13,15,21,23H,4-5,8-9,14,28H2,(H2,29,35)(H2,30,31,32)/t21-,23+/m0/s1. The maximum Gasteiger partial charge on any atom is 0.252 e. The number of nitrogens with two attached hydrogens (primary N) is 2. The Morgan fingerprint density at radius 2 is 1.89 bits per heavy atom. The Morgan fingerprint density at radius 1 is 1.09 bits per heavy atom. The van der Waals surface area contributed by atoms with Crippen molar-refractivity contribution in [1.82, 2.24) is 14.8 Å². The third kappa shape index (κ3) is 5.09. The Kier molecular flexibility index (Phi) is 6.33. The summed E-state index contributed by atoms with van der Waals surface area (Å²) in [5, 5.41) is 11.8. The summed E-state index contributed by atoms with van der Waals surface area (Å²) in [6.45, 7) is 0.655. The maximum absolute atomic E-state index is 14.8. The van der Waals surface area contributed by atoms with Gasteiger partial charge in [-0.3, -0.25) is 9.48 Å². The molecule has 5 rings (SSSR count). The molecular weight excluding hydrogens is 445 g/mol. The highest BCUT2D eigenvalue weighted by atomic mass is 19.1. The van der Waals surface area contributed by atoms with Crippen LogP contribution in [0.1, 0.15) is 41.6 Å². The minimum absolute atomic E-state index is 0.0270. The zero-order valence-electron chi connectivity index (χ0n) is 19.2. The fourth-order valence-electron chi connectivity index (χ4n) is 4.53. The lowest BCUT2D eigenvalue weighted by Crippen LogP contribution is -2.43. The van der Waals surface area contributed by atoms with Gasteiger partial charge >= 0.3 is 0 Å². The van der Waals surface area contributed by atoms with Gasteiger partial charge in [-0.05, 0) is 42.7 Å². The summed E-state index contributed by atoms with van der Waals surface area (Å²) in [6, 6.07) is 16.7. The third-order valence-electron chi connectivity index (χ3n) is 6.38. The van der Waals surface area contributed by atoms with Gasteiger partial charge in [0.05, 0.1) is 17.6 Å². The molecule has 0 bridgehead atoms. The van der Waals surface area contributed by atoms with Gasteiger partial charge < -0.3 is 22.1 Å². The fourth-order valence-corrected chi connectivity index (χ4v) is 4.53. The number of primary amides is 1. The summed E-state index contributed by atoms with van der Waals surface area (Å²) in [6.07, 6.45) is 5.76. The number of anilines is 3. The number of hydrogen-bond acceptors (Lipinski definition) is 6. The van der Waals surface area contributed by atoms with Gasteiger partial charge in [0.2, 0.25) is 0 Å². The van der Waals surface area contributed by atoms with E-state index in [1.54, 1.807) is 0 Å². The van der Waals surface area contributed by atoms with Gasteiger partial charge in [0.15, 0.2) is 11.6 Å². The summed E-state index contributed by atoms with van der Waals surface area (Å²) < 4.78 is 16.7. The first kappa shape index (κ1) is 22.8. The van der Waals surface area contributed by atoms with Crippen LogP contribution in [-0.2, 0) is 6.54 Å². The molecule has 0 spiro atoms. The van der Waals surface area contributed by atoms with E-state index >= 15 is 0 Å². The number of hydrogen-bond donors (Lipinski definition) is 4. The number of pyridine rings is 1. The SMILES string of the molecule is NC(=O)c1cc(F)c(N[C@@H]2CCCC[C@@H]2N)nc1Nc1ccc2nn(Cc3ccccc3)cc2c1. The molecule has 2 atom stereocenters. The highest BCUT2D eigenvalue weighted by molar-refractivity contribution is 5.99. The number of carbonyl (C=O) groups is 1. The number of halogens is 1. The first-order valence-corrected chi connectivity index (χ1v) is 11.8. The topological polar surface area (TPSA) is 124 Å². The molecule has 35 heavy (non-hydrogen) atoms. The molecule has 2 aromatic carbocycles. The normalized spacial score (nSPS) is 17.9. The molecule has 6 N–H and O–H groups in total. The number of nitrogens with zero attached hydrogens (tertiary/aromatic N) is 3. The van der Waals surface area contributed by atoms with Crippen LogP contribution < -0.4 is 22.1 Å². The van der Waals surface area contributed by atoms with Crippen molar-refractivity contribution in [1.29, 1.82) is 0 Å². The van der Waals surface area contributed by atoms with E-state index in [9.17, 15) is 9.18 Å². The number of benzene rings is 2. The number of fused-ring (bicyclic) bond motifs is 1. The monoisotopic (exact) mass is 473 g/mol. The van der Waals surface area contributed by atoms with Gasteiger partial charge in [-0.25, -0.2) is 9.37 Å². The predicted molar refractivity (Wildman–Crippen MR) is 135 cm³/mol. The van der Waals surface area contributed by atoms with Gasteiger partial charge in [0.1, 0.15) is 5.82 Å². The molecule has 0 saturated heterocycles. The van der Waals surface area contributed by atoms with Gasteiger partial charge in [-0.2, -0.15) is 5.10 Å². The summed E-state index contributed by atoms with van der Waals surface area (Å²) in [7, 11) is 0. The summed E-state index contributed by atoms with van der Waals surface area (Å²) in [5.41, 5.74) is 14.4. The zero-order chi connectivity index (χ0) is 24.4. The van der Waals surface area contributed by atoms with E-state index < -0.39 is 11.7 Å². The van der Waals surface area contributed by atoms with Crippen LogP contribution in [0.2, 0.25) is 0 Å². The molecule has 0 unspecified atom stereocenters. The van der Waals surface area contributed by atoms with Crippen LogP contribution in [0.4, 0.5) is 21.7 Å². The van der Waals surface area contributed by atoms with E-state index in [-0.39, 0.29) is 29.3 Å². The number of nitrogens with one attached hydrogen (secondary N) is 2. The van der Waals surface area contributed by atoms with Gasteiger partial charge in [0, 0.05) is 29.4 Å². The second-order valence-corrected chi connectivity index (χ2v) is 8.99. The molecule has 8 nitrogen and oxygen atoms in total. The third-order valence-corrected chi connectivity index (χ3v) is 6.38. The molecule has 1 fully saturated rings. The van der Waals surface area contributed by atoms with Crippen molar-refractivity contribution in [3.05, 3.63) is 77.7 Å². The molecule has 2 aromatic heterocycles. The Morgan fingerprint density at radius 3 is 2.66 bits per heavy atom. The maximum atomic E-state index is 14.8. The van der Waals surface area contributed by atoms with Gasteiger partial charge in [0.25, 0.3) is 5.91 Å². The Bertz CT molecular complexity index is 1350. The van der Waals surface area contributed by atoms with Crippen molar-refractivity contribution in [3.63, 3.8) is 0 Å². The minimum Gasteiger partial charge on any atom is -0.365 e. The smallest absolute Gasteiger partial charge is 0.252 e. The van der Waals surface area contributed by atoms with Crippen LogP contribution in [0.15, 0.2) is 60.8 Å². The van der Waals surface area contributed by atoms with Crippen LogP contribution in [0.3, 0.4) is 0 Å². The van der Waals surface area contributed by atoms with Crippen LogP contribution in [0.25, 0.3) is 10.9 Å². The summed E-state index contributed by atoms with van der Waals surface area (Å²) in [4.78, 5) is 16.4. The Labute approximate surface area is 202 Å². The second kappa shape index (κ2) is 9.71. The second-order valence-electron chi connectivity index (χ2n) is 8.99. The molecule has 0 aliphatic heterocycles. The molecule has 0 radical (unpaired) electrons. The number of amides is 1. The summed E-state index contributed by atoms with van der Waals surface area (Å²) >= 11 is 0. The molecule has 1 aliphatic rings. The van der Waals surface area contributed by atoms with Crippen LogP contribution in [0, 0.1) is 5.82 Å². The number of aromatic nitrogens is 3. The van der Waals surface area contributed by atoms with Crippen LogP contribution >= 0.6 is 0 Å². The molecular formula is C26H28FN7O. The molecule has 4 aromatic rings. The molecule has 180 valence electrons. The minimum atomic E-state index is -0.767. The van der Waals surface area contributed by atoms with Crippen LogP contribution in [0.5, 0.6) is 0 Å². The quantitative estimate of drug-likeness (QED) is 0.320. The van der Waals surface area contributed by atoms with Crippen molar-refractivity contribution < 1.29 is 9.18 Å². The average molecular weight is 474 g/mol. The molecule has 2 heterocycles.